The number of anilines is 1. The van der Waals surface area contributed by atoms with Crippen LogP contribution in [0.5, 0.6) is 0 Å². The zero-order valence-corrected chi connectivity index (χ0v) is 13.6. The maximum Gasteiger partial charge on any atom is 0.0497 e. The third-order valence-electron chi connectivity index (χ3n) is 2.93. The summed E-state index contributed by atoms with van der Waals surface area (Å²) < 4.78 is 1.15. The van der Waals surface area contributed by atoms with Crippen molar-refractivity contribution in [2.24, 2.45) is 0 Å². The Morgan fingerprint density at radius 3 is 2.53 bits per heavy atom. The van der Waals surface area contributed by atoms with Crippen LogP contribution in [0, 0.1) is 0 Å². The van der Waals surface area contributed by atoms with Gasteiger partial charge in [-0.3, -0.25) is 0 Å². The summed E-state index contributed by atoms with van der Waals surface area (Å²) in [5.41, 5.74) is 2.48. The molecule has 0 aliphatic rings. The van der Waals surface area contributed by atoms with Gasteiger partial charge in [0.2, 0.25) is 0 Å². The number of hydrogen-bond acceptors (Lipinski definition) is 2. The molecule has 0 spiro atoms. The van der Waals surface area contributed by atoms with E-state index >= 15 is 0 Å². The minimum atomic E-state index is 0.272. The van der Waals surface area contributed by atoms with E-state index in [9.17, 15) is 0 Å². The zero-order valence-electron chi connectivity index (χ0n) is 11.2. The summed E-state index contributed by atoms with van der Waals surface area (Å²) in [6.07, 6.45) is 0. The van der Waals surface area contributed by atoms with Crippen LogP contribution in [0.1, 0.15) is 25.5 Å². The van der Waals surface area contributed by atoms with E-state index in [1.54, 1.807) is 0 Å². The smallest absolute Gasteiger partial charge is 0.0497 e. The largest absolute Gasteiger partial charge is 0.378 e. The molecule has 0 saturated heterocycles. The molecule has 0 aromatic heterocycles. The Labute approximate surface area is 127 Å². The Balaban J connectivity index is 2.19. The Bertz CT molecular complexity index is 542. The van der Waals surface area contributed by atoms with Crippen LogP contribution in [0.15, 0.2) is 57.9 Å². The number of nitrogens with one attached hydrogen (secondary N) is 1. The predicted molar refractivity (Wildman–Crippen MR) is 89.0 cm³/mol. The van der Waals surface area contributed by atoms with Gasteiger partial charge in [-0.2, -0.15) is 0 Å². The van der Waals surface area contributed by atoms with Gasteiger partial charge in [-0.1, -0.05) is 53.2 Å². The van der Waals surface area contributed by atoms with Gasteiger partial charge in [0.25, 0.3) is 0 Å². The molecule has 0 saturated carbocycles. The van der Waals surface area contributed by atoms with Crippen molar-refractivity contribution in [3.05, 3.63) is 58.6 Å². The van der Waals surface area contributed by atoms with Crippen LogP contribution >= 0.6 is 27.7 Å². The van der Waals surface area contributed by atoms with Gasteiger partial charge in [-0.25, -0.2) is 0 Å². The van der Waals surface area contributed by atoms with E-state index in [0.717, 1.165) is 10.2 Å². The lowest BCUT2D eigenvalue weighted by atomic mass is 10.1. The second-order valence-corrected chi connectivity index (χ2v) is 6.48. The van der Waals surface area contributed by atoms with E-state index < -0.39 is 0 Å². The molecule has 2 aromatic rings. The first-order valence-electron chi connectivity index (χ1n) is 6.45. The highest BCUT2D eigenvalue weighted by Crippen LogP contribution is 2.31. The number of halogens is 1. The number of thioether (sulfide) groups is 1. The summed E-state index contributed by atoms with van der Waals surface area (Å²) in [6.45, 7) is 4.37. The van der Waals surface area contributed by atoms with Crippen LogP contribution in [0.2, 0.25) is 0 Å². The molecule has 100 valence electrons. The zero-order chi connectivity index (χ0) is 13.7. The Morgan fingerprint density at radius 1 is 1.11 bits per heavy atom. The van der Waals surface area contributed by atoms with Crippen LogP contribution in [0.3, 0.4) is 0 Å². The van der Waals surface area contributed by atoms with Gasteiger partial charge in [0.1, 0.15) is 0 Å². The van der Waals surface area contributed by atoms with Crippen LogP contribution in [-0.4, -0.2) is 5.75 Å². The molecule has 1 atom stereocenters. The van der Waals surface area contributed by atoms with Crippen LogP contribution in [0.4, 0.5) is 5.69 Å². The lowest BCUT2D eigenvalue weighted by molar-refractivity contribution is 0.874. The minimum Gasteiger partial charge on any atom is -0.378 e. The molecule has 1 unspecified atom stereocenters. The molecular weight excluding hydrogens is 318 g/mol. The Kier molecular flexibility index (Phi) is 5.34. The Morgan fingerprint density at radius 2 is 1.79 bits per heavy atom. The number of rotatable bonds is 5. The minimum absolute atomic E-state index is 0.272. The van der Waals surface area contributed by atoms with Crippen molar-refractivity contribution < 1.29 is 0 Å². The summed E-state index contributed by atoms with van der Waals surface area (Å²) in [4.78, 5) is 1.31. The molecule has 0 aliphatic heterocycles. The highest BCUT2D eigenvalue weighted by molar-refractivity contribution is 9.10. The second-order valence-electron chi connectivity index (χ2n) is 4.32. The van der Waals surface area contributed by atoms with Gasteiger partial charge in [0.05, 0.1) is 0 Å². The average molecular weight is 336 g/mol. The van der Waals surface area contributed by atoms with E-state index in [0.29, 0.717) is 0 Å². The van der Waals surface area contributed by atoms with Gasteiger partial charge in [0.15, 0.2) is 0 Å². The third-order valence-corrected chi connectivity index (χ3v) is 4.61. The standard InChI is InChI=1S/C16H18BrNS/c1-3-19-16-11-7-6-10-15(16)18-12(2)13-8-4-5-9-14(13)17/h4-12,18H,3H2,1-2H3. The average Bonchev–Trinajstić information content (AvgIpc) is 2.41. The van der Waals surface area contributed by atoms with Crippen molar-refractivity contribution in [3.63, 3.8) is 0 Å². The molecule has 0 radical (unpaired) electrons. The summed E-state index contributed by atoms with van der Waals surface area (Å²) >= 11 is 5.48. The quantitative estimate of drug-likeness (QED) is 0.699. The predicted octanol–water partition coefficient (Wildman–Crippen LogP) is 5.73. The number of benzene rings is 2. The Hall–Kier alpha value is -0.930. The van der Waals surface area contributed by atoms with E-state index in [1.807, 2.05) is 17.8 Å². The van der Waals surface area contributed by atoms with Gasteiger partial charge >= 0.3 is 0 Å². The van der Waals surface area contributed by atoms with Crippen LogP contribution < -0.4 is 5.32 Å². The second kappa shape index (κ2) is 7.01. The SMILES string of the molecule is CCSc1ccccc1NC(C)c1ccccc1Br. The fourth-order valence-corrected chi connectivity index (χ4v) is 3.40. The first-order valence-corrected chi connectivity index (χ1v) is 8.23. The number of para-hydroxylation sites is 1. The van der Waals surface area contributed by atoms with Crippen LogP contribution in [0.25, 0.3) is 0 Å². The monoisotopic (exact) mass is 335 g/mol. The fourth-order valence-electron chi connectivity index (χ4n) is 2.00. The lowest BCUT2D eigenvalue weighted by Crippen LogP contribution is -2.08. The first kappa shape index (κ1) is 14.5. The molecule has 0 fully saturated rings. The molecule has 0 bridgehead atoms. The molecule has 19 heavy (non-hydrogen) atoms. The molecule has 3 heteroatoms. The molecule has 1 nitrogen and oxygen atoms in total. The van der Waals surface area contributed by atoms with E-state index in [2.05, 4.69) is 77.6 Å². The summed E-state index contributed by atoms with van der Waals surface area (Å²) in [5, 5.41) is 3.60. The van der Waals surface area contributed by atoms with Gasteiger partial charge in [-0.15, -0.1) is 11.8 Å². The highest BCUT2D eigenvalue weighted by atomic mass is 79.9. The molecule has 1 N–H and O–H groups in total. The van der Waals surface area contributed by atoms with Crippen molar-refractivity contribution in [1.82, 2.24) is 0 Å². The maximum atomic E-state index is 3.61. The van der Waals surface area contributed by atoms with Crippen molar-refractivity contribution in [2.75, 3.05) is 11.1 Å². The van der Waals surface area contributed by atoms with Crippen molar-refractivity contribution in [1.29, 1.82) is 0 Å². The summed E-state index contributed by atoms with van der Waals surface area (Å²) in [5.74, 6) is 1.09. The summed E-state index contributed by atoms with van der Waals surface area (Å²) in [7, 11) is 0. The maximum absolute atomic E-state index is 3.61. The molecule has 0 aliphatic carbocycles. The van der Waals surface area contributed by atoms with Gasteiger partial charge in [-0.05, 0) is 36.4 Å². The summed E-state index contributed by atoms with van der Waals surface area (Å²) in [6, 6.07) is 17.1. The van der Waals surface area contributed by atoms with Gasteiger partial charge in [0, 0.05) is 21.1 Å². The van der Waals surface area contributed by atoms with E-state index in [4.69, 9.17) is 0 Å². The van der Waals surface area contributed by atoms with Crippen molar-refractivity contribution in [2.45, 2.75) is 24.8 Å². The van der Waals surface area contributed by atoms with E-state index in [1.165, 1.54) is 16.1 Å². The normalized spacial score (nSPS) is 12.2. The molecule has 2 rings (SSSR count). The molecule has 0 heterocycles. The highest BCUT2D eigenvalue weighted by Gasteiger charge is 2.10. The van der Waals surface area contributed by atoms with Crippen molar-refractivity contribution in [3.8, 4) is 0 Å². The van der Waals surface area contributed by atoms with Gasteiger partial charge < -0.3 is 5.32 Å². The number of hydrogen-bond donors (Lipinski definition) is 1. The first-order chi connectivity index (χ1) is 9.22. The van der Waals surface area contributed by atoms with Crippen molar-refractivity contribution >= 4 is 33.4 Å². The molecular formula is C16H18BrNS. The van der Waals surface area contributed by atoms with Crippen LogP contribution in [-0.2, 0) is 0 Å². The molecule has 0 amide bonds. The topological polar surface area (TPSA) is 12.0 Å². The van der Waals surface area contributed by atoms with E-state index in [-0.39, 0.29) is 6.04 Å². The molecule has 2 aromatic carbocycles. The third kappa shape index (κ3) is 3.77. The fraction of sp³-hybridized carbons (Fsp3) is 0.250. The lowest BCUT2D eigenvalue weighted by Gasteiger charge is -2.19.